The number of hydrogen-bond acceptors (Lipinski definition) is 1. The first kappa shape index (κ1) is 10.4. The summed E-state index contributed by atoms with van der Waals surface area (Å²) in [6, 6.07) is 7.00. The van der Waals surface area contributed by atoms with Crippen LogP contribution in [-0.2, 0) is 7.05 Å². The second kappa shape index (κ2) is 3.37. The fraction of sp³-hybridized carbons (Fsp3) is 0.154. The van der Waals surface area contributed by atoms with E-state index in [1.807, 2.05) is 30.7 Å². The Morgan fingerprint density at radius 3 is 2.76 bits per heavy atom. The van der Waals surface area contributed by atoms with Crippen LogP contribution in [0.25, 0.3) is 21.8 Å². The smallest absolute Gasteiger partial charge is 0.180 e. The molecule has 0 saturated carbocycles. The Morgan fingerprint density at radius 1 is 1.24 bits per heavy atom. The lowest BCUT2D eigenvalue weighted by molar-refractivity contribution is 0.996. The average Bonchev–Trinajstić information content (AvgIpc) is 2.52. The van der Waals surface area contributed by atoms with E-state index in [0.29, 0.717) is 5.15 Å². The normalized spacial score (nSPS) is 11.5. The van der Waals surface area contributed by atoms with Crippen molar-refractivity contribution in [1.82, 2.24) is 9.55 Å². The molecule has 0 radical (unpaired) electrons. The third kappa shape index (κ3) is 1.39. The van der Waals surface area contributed by atoms with E-state index in [2.05, 4.69) is 4.98 Å². The summed E-state index contributed by atoms with van der Waals surface area (Å²) in [6.45, 7) is 1.98. The van der Waals surface area contributed by atoms with Crippen molar-refractivity contribution in [3.63, 3.8) is 0 Å². The van der Waals surface area contributed by atoms with E-state index in [-0.39, 0.29) is 5.43 Å². The summed E-state index contributed by atoms with van der Waals surface area (Å²) < 4.78 is 2.02. The molecule has 0 atom stereocenters. The summed E-state index contributed by atoms with van der Waals surface area (Å²) in [7, 11) is 1.96. The van der Waals surface area contributed by atoms with Crippen LogP contribution in [0.5, 0.6) is 0 Å². The number of hydrogen-bond donors (Lipinski definition) is 1. The van der Waals surface area contributed by atoms with Gasteiger partial charge in [-0.1, -0.05) is 11.6 Å². The molecule has 2 aromatic heterocycles. The monoisotopic (exact) mass is 246 g/mol. The highest BCUT2D eigenvalue weighted by Crippen LogP contribution is 2.30. The summed E-state index contributed by atoms with van der Waals surface area (Å²) in [5.41, 5.74) is 3.04. The molecule has 1 aromatic carbocycles. The first-order valence-corrected chi connectivity index (χ1v) is 5.73. The van der Waals surface area contributed by atoms with Crippen LogP contribution in [0.15, 0.2) is 29.1 Å². The van der Waals surface area contributed by atoms with Gasteiger partial charge in [0, 0.05) is 29.6 Å². The SMILES string of the molecule is Cc1[nH]c(Cl)cc2c3ccc(=O)cc3n(C)c12. The van der Waals surface area contributed by atoms with Gasteiger partial charge < -0.3 is 9.55 Å². The number of halogens is 1. The zero-order valence-electron chi connectivity index (χ0n) is 9.54. The van der Waals surface area contributed by atoms with Crippen LogP contribution in [-0.4, -0.2) is 9.55 Å². The molecular weight excluding hydrogens is 236 g/mol. The molecule has 17 heavy (non-hydrogen) atoms. The molecule has 0 saturated heterocycles. The van der Waals surface area contributed by atoms with Gasteiger partial charge in [-0.2, -0.15) is 0 Å². The lowest BCUT2D eigenvalue weighted by Crippen LogP contribution is -1.97. The second-order valence-corrected chi connectivity index (χ2v) is 4.65. The van der Waals surface area contributed by atoms with Gasteiger partial charge in [0.15, 0.2) is 5.43 Å². The fourth-order valence-corrected chi connectivity index (χ4v) is 2.70. The molecule has 3 aromatic rings. The van der Waals surface area contributed by atoms with E-state index in [4.69, 9.17) is 11.6 Å². The topological polar surface area (TPSA) is 37.8 Å². The van der Waals surface area contributed by atoms with E-state index in [1.54, 1.807) is 12.1 Å². The predicted molar refractivity (Wildman–Crippen MR) is 70.8 cm³/mol. The number of aryl methyl sites for hydroxylation is 2. The number of nitrogens with one attached hydrogen (secondary N) is 1. The van der Waals surface area contributed by atoms with Gasteiger partial charge in [0.1, 0.15) is 5.15 Å². The van der Waals surface area contributed by atoms with E-state index in [0.717, 1.165) is 27.5 Å². The molecule has 0 aliphatic heterocycles. The summed E-state index contributed by atoms with van der Waals surface area (Å²) >= 11 is 6.04. The number of pyridine rings is 1. The number of nitrogens with zero attached hydrogens (tertiary/aromatic N) is 1. The van der Waals surface area contributed by atoms with E-state index in [9.17, 15) is 4.79 Å². The molecule has 3 rings (SSSR count). The lowest BCUT2D eigenvalue weighted by atomic mass is 10.2. The molecule has 2 heterocycles. The molecule has 3 nitrogen and oxygen atoms in total. The highest BCUT2D eigenvalue weighted by atomic mass is 35.5. The van der Waals surface area contributed by atoms with Gasteiger partial charge in [-0.25, -0.2) is 0 Å². The van der Waals surface area contributed by atoms with Crippen molar-refractivity contribution in [2.24, 2.45) is 7.05 Å². The van der Waals surface area contributed by atoms with Crippen molar-refractivity contribution in [3.05, 3.63) is 45.3 Å². The Labute approximate surface area is 103 Å². The summed E-state index contributed by atoms with van der Waals surface area (Å²) in [6.07, 6.45) is 0. The fourth-order valence-electron chi connectivity index (χ4n) is 2.45. The summed E-state index contributed by atoms with van der Waals surface area (Å²) in [5, 5.41) is 2.73. The Hall–Kier alpha value is -1.74. The van der Waals surface area contributed by atoms with Crippen LogP contribution in [0.3, 0.4) is 0 Å². The number of H-pyrrole nitrogens is 1. The van der Waals surface area contributed by atoms with Gasteiger partial charge in [-0.3, -0.25) is 4.79 Å². The van der Waals surface area contributed by atoms with Crippen molar-refractivity contribution in [3.8, 4) is 0 Å². The zero-order valence-corrected chi connectivity index (χ0v) is 10.3. The van der Waals surface area contributed by atoms with E-state index in [1.165, 1.54) is 0 Å². The van der Waals surface area contributed by atoms with Gasteiger partial charge in [0.05, 0.1) is 11.0 Å². The molecule has 4 heteroatoms. The molecule has 0 aliphatic rings. The first-order chi connectivity index (χ1) is 8.08. The molecule has 0 unspecified atom stereocenters. The number of rotatable bonds is 0. The maximum atomic E-state index is 11.4. The number of benzene rings is 1. The van der Waals surface area contributed by atoms with Gasteiger partial charge in [-0.05, 0) is 25.1 Å². The number of fused-ring (bicyclic) bond motifs is 3. The number of aromatic nitrogens is 2. The minimum absolute atomic E-state index is 0.0242. The molecule has 86 valence electrons. The third-order valence-corrected chi connectivity index (χ3v) is 3.35. The highest BCUT2D eigenvalue weighted by molar-refractivity contribution is 6.30. The standard InChI is InChI=1S/C13H11ClN2O/c1-7-13-10(6-12(14)15-7)9-4-3-8(17)5-11(9)16(13)2/h3-6,15H,1-2H3. The Kier molecular flexibility index (Phi) is 2.07. The van der Waals surface area contributed by atoms with Gasteiger partial charge >= 0.3 is 0 Å². The minimum atomic E-state index is 0.0242. The van der Waals surface area contributed by atoms with Crippen molar-refractivity contribution in [1.29, 1.82) is 0 Å². The molecule has 1 N–H and O–H groups in total. The first-order valence-electron chi connectivity index (χ1n) is 5.35. The Morgan fingerprint density at radius 2 is 2.00 bits per heavy atom. The van der Waals surface area contributed by atoms with Crippen molar-refractivity contribution in [2.45, 2.75) is 6.92 Å². The quantitative estimate of drug-likeness (QED) is 0.609. The van der Waals surface area contributed by atoms with E-state index < -0.39 is 0 Å². The Balaban J connectivity index is 2.68. The maximum Gasteiger partial charge on any atom is 0.180 e. The van der Waals surface area contributed by atoms with Crippen molar-refractivity contribution < 1.29 is 0 Å². The van der Waals surface area contributed by atoms with Crippen molar-refractivity contribution in [2.75, 3.05) is 0 Å². The second-order valence-electron chi connectivity index (χ2n) is 4.24. The Bertz CT molecular complexity index is 798. The van der Waals surface area contributed by atoms with Crippen LogP contribution in [0.2, 0.25) is 5.15 Å². The molecule has 0 spiro atoms. The van der Waals surface area contributed by atoms with Gasteiger partial charge in [-0.15, -0.1) is 0 Å². The number of aromatic amines is 1. The molecule has 0 fully saturated rings. The predicted octanol–water partition coefficient (Wildman–Crippen LogP) is 2.98. The molecule has 0 amide bonds. The van der Waals surface area contributed by atoms with Crippen molar-refractivity contribution >= 4 is 33.4 Å². The van der Waals surface area contributed by atoms with Crippen LogP contribution in [0, 0.1) is 6.92 Å². The van der Waals surface area contributed by atoms with Gasteiger partial charge in [0.25, 0.3) is 0 Å². The zero-order chi connectivity index (χ0) is 12.2. The third-order valence-electron chi connectivity index (χ3n) is 3.14. The largest absolute Gasteiger partial charge is 0.348 e. The van der Waals surface area contributed by atoms with Crippen LogP contribution >= 0.6 is 11.6 Å². The maximum absolute atomic E-state index is 11.4. The lowest BCUT2D eigenvalue weighted by Gasteiger charge is -2.02. The molecule has 0 bridgehead atoms. The van der Waals surface area contributed by atoms with Gasteiger partial charge in [0.2, 0.25) is 0 Å². The average molecular weight is 247 g/mol. The minimum Gasteiger partial charge on any atom is -0.348 e. The summed E-state index contributed by atoms with van der Waals surface area (Å²) in [4.78, 5) is 14.5. The van der Waals surface area contributed by atoms with Crippen LogP contribution in [0.1, 0.15) is 5.69 Å². The highest BCUT2D eigenvalue weighted by Gasteiger charge is 2.11. The van der Waals surface area contributed by atoms with Crippen LogP contribution in [0.4, 0.5) is 0 Å². The van der Waals surface area contributed by atoms with E-state index >= 15 is 0 Å². The van der Waals surface area contributed by atoms with Crippen LogP contribution < -0.4 is 5.43 Å². The molecular formula is C13H11ClN2O. The summed E-state index contributed by atoms with van der Waals surface area (Å²) in [5.74, 6) is 0. The molecule has 0 aliphatic carbocycles.